The summed E-state index contributed by atoms with van der Waals surface area (Å²) in [6, 6.07) is 8.03. The summed E-state index contributed by atoms with van der Waals surface area (Å²) in [6.45, 7) is 7.74. The first-order chi connectivity index (χ1) is 12.2. The molecule has 1 atom stereocenters. The summed E-state index contributed by atoms with van der Waals surface area (Å²) in [7, 11) is 0. The molecule has 0 saturated carbocycles. The molecule has 1 aromatic carbocycles. The van der Waals surface area contributed by atoms with Crippen LogP contribution < -0.4 is 15.1 Å². The lowest BCUT2D eigenvalue weighted by atomic mass is 10.1. The van der Waals surface area contributed by atoms with Crippen LogP contribution in [0.1, 0.15) is 18.9 Å². The van der Waals surface area contributed by atoms with E-state index in [4.69, 9.17) is 4.74 Å². The maximum Gasteiger partial charge on any atom is 0.227 e. The fourth-order valence-electron chi connectivity index (χ4n) is 3.46. The van der Waals surface area contributed by atoms with E-state index in [0.717, 1.165) is 45.0 Å². The summed E-state index contributed by atoms with van der Waals surface area (Å²) in [5.41, 5.74) is 2.13. The average molecular weight is 346 g/mol. The van der Waals surface area contributed by atoms with E-state index >= 15 is 0 Å². The molecule has 6 heteroatoms. The van der Waals surface area contributed by atoms with Gasteiger partial charge in [0.2, 0.25) is 11.8 Å². The minimum atomic E-state index is -0.252. The normalized spacial score (nSPS) is 21.6. The van der Waals surface area contributed by atoms with E-state index in [-0.39, 0.29) is 17.7 Å². The molecule has 0 aromatic heterocycles. The van der Waals surface area contributed by atoms with E-state index in [0.29, 0.717) is 19.5 Å². The first-order valence-corrected chi connectivity index (χ1v) is 9.25. The molecule has 0 radical (unpaired) electrons. The standard InChI is InChI=1S/C19H27N3O3/c1-2-15-3-5-17(6-4-15)22-14-16(13-18(22)23)19(24)20-7-8-21-9-11-25-12-10-21/h3-6,16H,2,7-14H2,1H3,(H,20,24)/p+1/t16-/m1/s1. The van der Waals surface area contributed by atoms with Crippen molar-refractivity contribution >= 4 is 17.5 Å². The molecular weight excluding hydrogens is 318 g/mol. The molecule has 2 aliphatic rings. The van der Waals surface area contributed by atoms with Crippen molar-refractivity contribution in [3.8, 4) is 0 Å². The van der Waals surface area contributed by atoms with Crippen LogP contribution in [0, 0.1) is 5.92 Å². The van der Waals surface area contributed by atoms with Gasteiger partial charge in [-0.2, -0.15) is 0 Å². The second-order valence-electron chi connectivity index (χ2n) is 6.83. The highest BCUT2D eigenvalue weighted by molar-refractivity contribution is 6.00. The third kappa shape index (κ3) is 4.58. The highest BCUT2D eigenvalue weighted by Gasteiger charge is 2.35. The fourth-order valence-corrected chi connectivity index (χ4v) is 3.46. The molecule has 2 amide bonds. The van der Waals surface area contributed by atoms with E-state index < -0.39 is 0 Å². The Morgan fingerprint density at radius 3 is 2.68 bits per heavy atom. The van der Waals surface area contributed by atoms with E-state index in [1.54, 1.807) is 4.90 Å². The third-order valence-corrected chi connectivity index (χ3v) is 5.13. The second kappa shape index (κ2) is 8.45. The number of nitrogens with zero attached hydrogens (tertiary/aromatic N) is 1. The Labute approximate surface area is 149 Å². The summed E-state index contributed by atoms with van der Waals surface area (Å²) < 4.78 is 5.34. The molecule has 0 aliphatic carbocycles. The number of morpholine rings is 1. The molecule has 0 bridgehead atoms. The zero-order valence-electron chi connectivity index (χ0n) is 14.9. The number of anilines is 1. The largest absolute Gasteiger partial charge is 0.370 e. The predicted octanol–water partition coefficient (Wildman–Crippen LogP) is -0.367. The molecule has 2 N–H and O–H groups in total. The van der Waals surface area contributed by atoms with E-state index in [2.05, 4.69) is 12.2 Å². The number of ether oxygens (including phenoxy) is 1. The molecule has 0 unspecified atom stereocenters. The minimum Gasteiger partial charge on any atom is -0.370 e. The number of carbonyl (C=O) groups is 2. The van der Waals surface area contributed by atoms with Gasteiger partial charge in [0.15, 0.2) is 0 Å². The Balaban J connectivity index is 1.48. The maximum atomic E-state index is 12.4. The van der Waals surface area contributed by atoms with E-state index in [1.807, 2.05) is 24.3 Å². The van der Waals surface area contributed by atoms with Crippen LogP contribution in [0.15, 0.2) is 24.3 Å². The number of carbonyl (C=O) groups excluding carboxylic acids is 2. The highest BCUT2D eigenvalue weighted by Crippen LogP contribution is 2.25. The van der Waals surface area contributed by atoms with Crippen LogP contribution in [0.5, 0.6) is 0 Å². The van der Waals surface area contributed by atoms with Gasteiger partial charge in [0.25, 0.3) is 0 Å². The molecule has 3 rings (SSSR count). The van der Waals surface area contributed by atoms with Gasteiger partial charge in [-0.1, -0.05) is 19.1 Å². The van der Waals surface area contributed by atoms with Gasteiger partial charge in [0, 0.05) is 18.7 Å². The number of rotatable bonds is 6. The maximum absolute atomic E-state index is 12.4. The van der Waals surface area contributed by atoms with Gasteiger partial charge in [-0.3, -0.25) is 9.59 Å². The highest BCUT2D eigenvalue weighted by atomic mass is 16.5. The minimum absolute atomic E-state index is 0.00584. The SMILES string of the molecule is CCc1ccc(N2C[C@H](C(=O)NCC[NH+]3CCOCC3)CC2=O)cc1. The van der Waals surface area contributed by atoms with Crippen molar-refractivity contribution in [3.05, 3.63) is 29.8 Å². The molecular formula is C19H28N3O3+. The summed E-state index contributed by atoms with van der Waals surface area (Å²) in [4.78, 5) is 27.9. The molecule has 6 nitrogen and oxygen atoms in total. The predicted molar refractivity (Wildman–Crippen MR) is 95.7 cm³/mol. The number of aryl methyl sites for hydroxylation is 1. The lowest BCUT2D eigenvalue weighted by Crippen LogP contribution is -3.14. The van der Waals surface area contributed by atoms with Gasteiger partial charge in [-0.05, 0) is 24.1 Å². The molecule has 1 aromatic rings. The smallest absolute Gasteiger partial charge is 0.227 e. The Morgan fingerprint density at radius 2 is 2.00 bits per heavy atom. The van der Waals surface area contributed by atoms with Crippen LogP contribution in [0.4, 0.5) is 5.69 Å². The van der Waals surface area contributed by atoms with E-state index in [1.165, 1.54) is 10.5 Å². The number of benzene rings is 1. The molecule has 2 heterocycles. The zero-order chi connectivity index (χ0) is 17.6. The number of hydrogen-bond acceptors (Lipinski definition) is 3. The summed E-state index contributed by atoms with van der Waals surface area (Å²) in [5.74, 6) is -0.227. The molecule has 136 valence electrons. The van der Waals surface area contributed by atoms with Crippen molar-refractivity contribution in [1.82, 2.24) is 5.32 Å². The van der Waals surface area contributed by atoms with Crippen LogP contribution in [-0.4, -0.2) is 57.8 Å². The van der Waals surface area contributed by atoms with Gasteiger partial charge in [0.05, 0.1) is 32.2 Å². The summed E-state index contributed by atoms with van der Waals surface area (Å²) >= 11 is 0. The molecule has 25 heavy (non-hydrogen) atoms. The Morgan fingerprint density at radius 1 is 1.28 bits per heavy atom. The molecule has 2 saturated heterocycles. The Bertz CT molecular complexity index is 596. The van der Waals surface area contributed by atoms with Crippen molar-refractivity contribution in [2.75, 3.05) is 50.8 Å². The van der Waals surface area contributed by atoms with Crippen LogP contribution >= 0.6 is 0 Å². The van der Waals surface area contributed by atoms with Crippen molar-refractivity contribution in [2.24, 2.45) is 5.92 Å². The summed E-state index contributed by atoms with van der Waals surface area (Å²) in [5, 5.41) is 3.00. The number of hydrogen-bond donors (Lipinski definition) is 2. The Hall–Kier alpha value is -1.92. The molecule has 2 fully saturated rings. The topological polar surface area (TPSA) is 63.1 Å². The lowest BCUT2D eigenvalue weighted by Gasteiger charge is -2.24. The van der Waals surface area contributed by atoms with Crippen molar-refractivity contribution < 1.29 is 19.2 Å². The van der Waals surface area contributed by atoms with Crippen LogP contribution in [0.2, 0.25) is 0 Å². The van der Waals surface area contributed by atoms with Gasteiger partial charge >= 0.3 is 0 Å². The Kier molecular flexibility index (Phi) is 6.04. The molecule has 2 aliphatic heterocycles. The quantitative estimate of drug-likeness (QED) is 0.739. The number of quaternary nitrogens is 1. The second-order valence-corrected chi connectivity index (χ2v) is 6.83. The van der Waals surface area contributed by atoms with Crippen LogP contribution in [0.3, 0.4) is 0 Å². The van der Waals surface area contributed by atoms with Crippen LogP contribution in [0.25, 0.3) is 0 Å². The lowest BCUT2D eigenvalue weighted by molar-refractivity contribution is -0.906. The average Bonchev–Trinajstić information content (AvgIpc) is 3.04. The van der Waals surface area contributed by atoms with E-state index in [9.17, 15) is 9.59 Å². The van der Waals surface area contributed by atoms with Crippen molar-refractivity contribution in [1.29, 1.82) is 0 Å². The monoisotopic (exact) mass is 346 g/mol. The van der Waals surface area contributed by atoms with Crippen LogP contribution in [-0.2, 0) is 20.7 Å². The number of amides is 2. The van der Waals surface area contributed by atoms with Crippen molar-refractivity contribution in [3.63, 3.8) is 0 Å². The third-order valence-electron chi connectivity index (χ3n) is 5.13. The van der Waals surface area contributed by atoms with Gasteiger partial charge in [-0.15, -0.1) is 0 Å². The first kappa shape index (κ1) is 17.9. The zero-order valence-corrected chi connectivity index (χ0v) is 14.9. The molecule has 0 spiro atoms. The summed E-state index contributed by atoms with van der Waals surface area (Å²) in [6.07, 6.45) is 1.27. The van der Waals surface area contributed by atoms with Gasteiger partial charge in [-0.25, -0.2) is 0 Å². The van der Waals surface area contributed by atoms with Gasteiger partial charge in [0.1, 0.15) is 13.1 Å². The fraction of sp³-hybridized carbons (Fsp3) is 0.579. The van der Waals surface area contributed by atoms with Crippen molar-refractivity contribution in [2.45, 2.75) is 19.8 Å². The van der Waals surface area contributed by atoms with Gasteiger partial charge < -0.3 is 19.9 Å². The first-order valence-electron chi connectivity index (χ1n) is 9.25. The number of nitrogens with one attached hydrogen (secondary N) is 2.